The van der Waals surface area contributed by atoms with E-state index in [-0.39, 0.29) is 0 Å². The predicted octanol–water partition coefficient (Wildman–Crippen LogP) is 2.67. The second kappa shape index (κ2) is 3.81. The Kier molecular flexibility index (Phi) is 2.99. The number of halogens is 1. The van der Waals surface area contributed by atoms with Crippen LogP contribution < -0.4 is 0 Å². The summed E-state index contributed by atoms with van der Waals surface area (Å²) in [6, 6.07) is 0. The molecule has 0 atom stereocenters. The van der Waals surface area contributed by atoms with E-state index in [2.05, 4.69) is 46.7 Å². The molecule has 1 rings (SSSR count). The summed E-state index contributed by atoms with van der Waals surface area (Å²) in [6.45, 7) is 3.18. The molecule has 0 fully saturated rings. The first kappa shape index (κ1) is 7.85. The van der Waals surface area contributed by atoms with Crippen LogP contribution in [0, 0.1) is 0 Å². The molecule has 1 nitrogen and oxygen atoms in total. The van der Waals surface area contributed by atoms with Gasteiger partial charge >= 0.3 is 0 Å². The van der Waals surface area contributed by atoms with Gasteiger partial charge in [-0.1, -0.05) is 12.2 Å². The van der Waals surface area contributed by atoms with E-state index >= 15 is 0 Å². The van der Waals surface area contributed by atoms with Crippen LogP contribution in [0.5, 0.6) is 0 Å². The fourth-order valence-electron chi connectivity index (χ4n) is 0.776. The SMILES string of the molecule is CCN1C=CC=CC=C1I. The summed E-state index contributed by atoms with van der Waals surface area (Å²) in [5, 5.41) is 0. The van der Waals surface area contributed by atoms with Gasteiger partial charge in [-0.15, -0.1) is 0 Å². The first-order valence-electron chi connectivity index (χ1n) is 3.32. The van der Waals surface area contributed by atoms with Crippen molar-refractivity contribution in [1.82, 2.24) is 4.90 Å². The van der Waals surface area contributed by atoms with Crippen LogP contribution in [0.15, 0.2) is 34.2 Å². The summed E-state index contributed by atoms with van der Waals surface area (Å²) < 4.78 is 1.27. The maximum atomic E-state index is 2.33. The molecule has 0 saturated carbocycles. The largest absolute Gasteiger partial charge is 0.343 e. The van der Waals surface area contributed by atoms with Crippen LogP contribution in [-0.2, 0) is 0 Å². The number of rotatable bonds is 1. The number of hydrogen-bond donors (Lipinski definition) is 0. The molecule has 0 aromatic carbocycles. The smallest absolute Gasteiger partial charge is 0.0797 e. The highest BCUT2D eigenvalue weighted by Gasteiger charge is 1.98. The van der Waals surface area contributed by atoms with Crippen LogP contribution in [-0.4, -0.2) is 11.4 Å². The Hall–Kier alpha value is -0.250. The Morgan fingerprint density at radius 2 is 2.20 bits per heavy atom. The lowest BCUT2D eigenvalue weighted by Crippen LogP contribution is -2.10. The zero-order chi connectivity index (χ0) is 7.40. The predicted molar refractivity (Wildman–Crippen MR) is 52.8 cm³/mol. The molecule has 0 N–H and O–H groups in total. The lowest BCUT2D eigenvalue weighted by atomic mass is 10.5. The highest BCUT2D eigenvalue weighted by atomic mass is 127. The standard InChI is InChI=1S/C8H10IN/c1-2-10-7-5-3-4-6-8(10)9/h3-7H,2H2,1H3. The van der Waals surface area contributed by atoms with Gasteiger partial charge in [-0.3, -0.25) is 0 Å². The summed E-state index contributed by atoms with van der Waals surface area (Å²) in [4.78, 5) is 2.19. The van der Waals surface area contributed by atoms with Gasteiger partial charge < -0.3 is 4.90 Å². The Balaban J connectivity index is 2.75. The highest BCUT2D eigenvalue weighted by Crippen LogP contribution is 2.14. The van der Waals surface area contributed by atoms with Crippen molar-refractivity contribution in [1.29, 1.82) is 0 Å². The summed E-state index contributed by atoms with van der Waals surface area (Å²) in [7, 11) is 0. The minimum absolute atomic E-state index is 1.03. The summed E-state index contributed by atoms with van der Waals surface area (Å²) in [6.07, 6.45) is 10.3. The minimum atomic E-state index is 1.03. The van der Waals surface area contributed by atoms with Crippen LogP contribution in [0.2, 0.25) is 0 Å². The molecule has 0 aromatic heterocycles. The van der Waals surface area contributed by atoms with Gasteiger partial charge in [-0.2, -0.15) is 0 Å². The molecule has 0 aliphatic carbocycles. The summed E-state index contributed by atoms with van der Waals surface area (Å²) in [5.41, 5.74) is 0. The van der Waals surface area contributed by atoms with Gasteiger partial charge in [-0.25, -0.2) is 0 Å². The first-order valence-corrected chi connectivity index (χ1v) is 4.39. The second-order valence-corrected chi connectivity index (χ2v) is 3.11. The van der Waals surface area contributed by atoms with Crippen molar-refractivity contribution in [3.8, 4) is 0 Å². The van der Waals surface area contributed by atoms with Gasteiger partial charge in [0.25, 0.3) is 0 Å². The van der Waals surface area contributed by atoms with Crippen molar-refractivity contribution in [3.05, 3.63) is 34.2 Å². The van der Waals surface area contributed by atoms with Gasteiger partial charge in [0.2, 0.25) is 0 Å². The first-order chi connectivity index (χ1) is 4.84. The van der Waals surface area contributed by atoms with Gasteiger partial charge in [0, 0.05) is 12.7 Å². The summed E-state index contributed by atoms with van der Waals surface area (Å²) in [5.74, 6) is 0. The number of nitrogens with zero attached hydrogens (tertiary/aromatic N) is 1. The van der Waals surface area contributed by atoms with Gasteiger partial charge in [0.05, 0.1) is 3.70 Å². The van der Waals surface area contributed by atoms with E-state index in [1.54, 1.807) is 0 Å². The third kappa shape index (κ3) is 1.87. The fraction of sp³-hybridized carbons (Fsp3) is 0.250. The molecule has 0 aromatic rings. The van der Waals surface area contributed by atoms with Crippen LogP contribution in [0.1, 0.15) is 6.92 Å². The van der Waals surface area contributed by atoms with Gasteiger partial charge in [-0.05, 0) is 41.7 Å². The van der Waals surface area contributed by atoms with Crippen LogP contribution in [0.25, 0.3) is 0 Å². The number of allylic oxidation sites excluding steroid dienone is 4. The van der Waals surface area contributed by atoms with Crippen LogP contribution >= 0.6 is 22.6 Å². The molecule has 0 radical (unpaired) electrons. The zero-order valence-corrected chi connectivity index (χ0v) is 8.08. The lowest BCUT2D eigenvalue weighted by molar-refractivity contribution is 0.532. The maximum Gasteiger partial charge on any atom is 0.0797 e. The van der Waals surface area contributed by atoms with E-state index in [1.807, 2.05) is 18.2 Å². The van der Waals surface area contributed by atoms with Crippen molar-refractivity contribution in [2.45, 2.75) is 6.92 Å². The molecule has 1 aliphatic heterocycles. The molecule has 1 heterocycles. The van der Waals surface area contributed by atoms with Crippen LogP contribution in [0.4, 0.5) is 0 Å². The van der Waals surface area contributed by atoms with E-state index in [0.717, 1.165) is 6.54 Å². The monoisotopic (exact) mass is 247 g/mol. The quantitative estimate of drug-likeness (QED) is 0.508. The van der Waals surface area contributed by atoms with Crippen molar-refractivity contribution < 1.29 is 0 Å². The lowest BCUT2D eigenvalue weighted by Gasteiger charge is -2.15. The summed E-state index contributed by atoms with van der Waals surface area (Å²) >= 11 is 2.33. The maximum absolute atomic E-state index is 2.33. The molecule has 0 spiro atoms. The van der Waals surface area contributed by atoms with Crippen molar-refractivity contribution in [2.24, 2.45) is 0 Å². The average Bonchev–Trinajstić information content (AvgIpc) is 2.13. The average molecular weight is 247 g/mol. The molecule has 2 heteroatoms. The molecule has 10 heavy (non-hydrogen) atoms. The van der Waals surface area contributed by atoms with Gasteiger partial charge in [0.1, 0.15) is 0 Å². The van der Waals surface area contributed by atoms with Crippen LogP contribution in [0.3, 0.4) is 0 Å². The van der Waals surface area contributed by atoms with Crippen molar-refractivity contribution in [2.75, 3.05) is 6.54 Å². The second-order valence-electron chi connectivity index (χ2n) is 2.00. The Morgan fingerprint density at radius 3 is 2.90 bits per heavy atom. The molecular weight excluding hydrogens is 237 g/mol. The molecule has 0 amide bonds. The Labute approximate surface area is 75.2 Å². The van der Waals surface area contributed by atoms with E-state index in [1.165, 1.54) is 3.70 Å². The van der Waals surface area contributed by atoms with E-state index in [9.17, 15) is 0 Å². The van der Waals surface area contributed by atoms with Crippen molar-refractivity contribution in [3.63, 3.8) is 0 Å². The van der Waals surface area contributed by atoms with E-state index in [0.29, 0.717) is 0 Å². The normalized spacial score (nSPS) is 17.0. The minimum Gasteiger partial charge on any atom is -0.343 e. The third-order valence-corrected chi connectivity index (χ3v) is 2.32. The molecule has 0 bridgehead atoms. The number of hydrogen-bond acceptors (Lipinski definition) is 1. The molecule has 1 aliphatic rings. The topological polar surface area (TPSA) is 3.24 Å². The molecule has 0 saturated heterocycles. The zero-order valence-electron chi connectivity index (χ0n) is 5.92. The van der Waals surface area contributed by atoms with E-state index in [4.69, 9.17) is 0 Å². The third-order valence-electron chi connectivity index (χ3n) is 1.34. The molecule has 0 unspecified atom stereocenters. The Bertz CT molecular complexity index is 191. The van der Waals surface area contributed by atoms with E-state index < -0.39 is 0 Å². The fourth-order valence-corrected chi connectivity index (χ4v) is 1.49. The van der Waals surface area contributed by atoms with Crippen molar-refractivity contribution >= 4 is 22.6 Å². The highest BCUT2D eigenvalue weighted by molar-refractivity contribution is 14.1. The molecular formula is C8H10IN. The Morgan fingerprint density at radius 1 is 1.40 bits per heavy atom. The van der Waals surface area contributed by atoms with Gasteiger partial charge in [0.15, 0.2) is 0 Å². The molecule has 54 valence electrons.